The number of esters is 1. The number of hydrogen-bond acceptors (Lipinski definition) is 6. The molecule has 0 bridgehead atoms. The van der Waals surface area contributed by atoms with E-state index in [2.05, 4.69) is 5.32 Å². The van der Waals surface area contributed by atoms with Gasteiger partial charge >= 0.3 is 12.0 Å². The SMILES string of the molecule is CCOC(=O)C1=C(COc2ccc(C)c(C)c2)N(C)C(=O)N[C@H]1c1cc(OC)cc(OC)c1. The van der Waals surface area contributed by atoms with E-state index >= 15 is 0 Å². The van der Waals surface area contributed by atoms with Gasteiger partial charge in [0.15, 0.2) is 0 Å². The van der Waals surface area contributed by atoms with Gasteiger partial charge in [0.1, 0.15) is 23.9 Å². The number of carbonyl (C=O) groups excluding carboxylic acids is 2. The highest BCUT2D eigenvalue weighted by atomic mass is 16.5. The Hall–Kier alpha value is -3.68. The van der Waals surface area contributed by atoms with Crippen LogP contribution in [0.2, 0.25) is 0 Å². The van der Waals surface area contributed by atoms with Crippen molar-refractivity contribution >= 4 is 12.0 Å². The first-order valence-corrected chi connectivity index (χ1v) is 10.7. The number of ether oxygens (including phenoxy) is 4. The number of rotatable bonds is 8. The number of likely N-dealkylation sites (N-methyl/N-ethyl adjacent to an activating group) is 1. The fraction of sp³-hybridized carbons (Fsp3) is 0.360. The van der Waals surface area contributed by atoms with E-state index in [0.29, 0.717) is 28.5 Å². The predicted molar refractivity (Wildman–Crippen MR) is 124 cm³/mol. The molecule has 0 spiro atoms. The summed E-state index contributed by atoms with van der Waals surface area (Å²) in [5.41, 5.74) is 3.57. The molecule has 2 aromatic carbocycles. The summed E-state index contributed by atoms with van der Waals surface area (Å²) in [6, 6.07) is 9.84. The molecule has 176 valence electrons. The topological polar surface area (TPSA) is 86.3 Å². The normalized spacial score (nSPS) is 15.8. The Bertz CT molecular complexity index is 1060. The molecule has 2 aromatic rings. The molecule has 0 saturated heterocycles. The third-order valence-corrected chi connectivity index (χ3v) is 5.63. The second kappa shape index (κ2) is 10.3. The Morgan fingerprint density at radius 1 is 1.00 bits per heavy atom. The molecule has 1 aliphatic heterocycles. The number of benzene rings is 2. The van der Waals surface area contributed by atoms with Gasteiger partial charge < -0.3 is 24.3 Å². The van der Waals surface area contributed by atoms with Crippen molar-refractivity contribution in [2.45, 2.75) is 26.8 Å². The maximum absolute atomic E-state index is 13.1. The summed E-state index contributed by atoms with van der Waals surface area (Å²) in [6.07, 6.45) is 0. The summed E-state index contributed by atoms with van der Waals surface area (Å²) in [7, 11) is 4.67. The van der Waals surface area contributed by atoms with Gasteiger partial charge in [-0.2, -0.15) is 0 Å². The van der Waals surface area contributed by atoms with Crippen molar-refractivity contribution < 1.29 is 28.5 Å². The van der Waals surface area contributed by atoms with Crippen LogP contribution in [0.5, 0.6) is 17.2 Å². The van der Waals surface area contributed by atoms with E-state index in [1.165, 1.54) is 19.1 Å². The minimum absolute atomic E-state index is 0.0121. The van der Waals surface area contributed by atoms with E-state index in [0.717, 1.165) is 11.1 Å². The highest BCUT2D eigenvalue weighted by Crippen LogP contribution is 2.35. The van der Waals surface area contributed by atoms with E-state index in [1.807, 2.05) is 32.0 Å². The smallest absolute Gasteiger partial charge is 0.338 e. The lowest BCUT2D eigenvalue weighted by Gasteiger charge is -2.34. The monoisotopic (exact) mass is 454 g/mol. The minimum Gasteiger partial charge on any atom is -0.497 e. The summed E-state index contributed by atoms with van der Waals surface area (Å²) in [6.45, 7) is 5.96. The van der Waals surface area contributed by atoms with Crippen molar-refractivity contribution in [1.82, 2.24) is 10.2 Å². The first-order chi connectivity index (χ1) is 15.8. The number of hydrogen-bond donors (Lipinski definition) is 1. The Labute approximate surface area is 194 Å². The number of methoxy groups -OCH3 is 2. The molecule has 1 atom stereocenters. The number of aryl methyl sites for hydroxylation is 2. The van der Waals surface area contributed by atoms with Gasteiger partial charge in [0.25, 0.3) is 0 Å². The molecule has 0 aromatic heterocycles. The van der Waals surface area contributed by atoms with Gasteiger partial charge in [-0.15, -0.1) is 0 Å². The second-order valence-electron chi connectivity index (χ2n) is 7.70. The zero-order valence-electron chi connectivity index (χ0n) is 19.9. The molecule has 1 heterocycles. The quantitative estimate of drug-likeness (QED) is 0.609. The van der Waals surface area contributed by atoms with Crippen LogP contribution in [-0.4, -0.2) is 51.4 Å². The number of nitrogens with zero attached hydrogens (tertiary/aromatic N) is 1. The van der Waals surface area contributed by atoms with Crippen molar-refractivity contribution in [3.63, 3.8) is 0 Å². The molecule has 0 fully saturated rings. The summed E-state index contributed by atoms with van der Waals surface area (Å²) in [5, 5.41) is 2.88. The van der Waals surface area contributed by atoms with Gasteiger partial charge in [0, 0.05) is 13.1 Å². The highest BCUT2D eigenvalue weighted by molar-refractivity contribution is 5.95. The number of nitrogens with one attached hydrogen (secondary N) is 1. The first kappa shape index (κ1) is 24.0. The van der Waals surface area contributed by atoms with Gasteiger partial charge in [-0.25, -0.2) is 9.59 Å². The Balaban J connectivity index is 2.08. The van der Waals surface area contributed by atoms with Crippen LogP contribution in [0.3, 0.4) is 0 Å². The van der Waals surface area contributed by atoms with Crippen molar-refractivity contribution in [2.24, 2.45) is 0 Å². The van der Waals surface area contributed by atoms with Crippen LogP contribution in [0.25, 0.3) is 0 Å². The molecule has 8 nitrogen and oxygen atoms in total. The maximum Gasteiger partial charge on any atom is 0.338 e. The molecule has 0 aliphatic carbocycles. The lowest BCUT2D eigenvalue weighted by molar-refractivity contribution is -0.139. The third kappa shape index (κ3) is 5.22. The summed E-state index contributed by atoms with van der Waals surface area (Å²) < 4.78 is 22.1. The average molecular weight is 455 g/mol. The molecule has 1 aliphatic rings. The Morgan fingerprint density at radius 3 is 2.24 bits per heavy atom. The van der Waals surface area contributed by atoms with Crippen molar-refractivity contribution in [2.75, 3.05) is 34.5 Å². The van der Waals surface area contributed by atoms with Crippen molar-refractivity contribution in [1.29, 1.82) is 0 Å². The highest BCUT2D eigenvalue weighted by Gasteiger charge is 2.37. The van der Waals surface area contributed by atoms with Crippen LogP contribution in [0.1, 0.15) is 29.7 Å². The zero-order valence-corrected chi connectivity index (χ0v) is 19.9. The molecular weight excluding hydrogens is 424 g/mol. The molecule has 0 unspecified atom stereocenters. The average Bonchev–Trinajstić information content (AvgIpc) is 2.81. The summed E-state index contributed by atoms with van der Waals surface area (Å²) >= 11 is 0. The fourth-order valence-corrected chi connectivity index (χ4v) is 3.58. The van der Waals surface area contributed by atoms with Crippen LogP contribution in [-0.2, 0) is 9.53 Å². The van der Waals surface area contributed by atoms with Crippen LogP contribution in [0.15, 0.2) is 47.7 Å². The lowest BCUT2D eigenvalue weighted by Crippen LogP contribution is -2.48. The van der Waals surface area contributed by atoms with Crippen LogP contribution < -0.4 is 19.5 Å². The first-order valence-electron chi connectivity index (χ1n) is 10.7. The van der Waals surface area contributed by atoms with E-state index in [9.17, 15) is 9.59 Å². The van der Waals surface area contributed by atoms with Crippen LogP contribution in [0.4, 0.5) is 4.79 Å². The van der Waals surface area contributed by atoms with E-state index in [4.69, 9.17) is 18.9 Å². The molecule has 0 radical (unpaired) electrons. The van der Waals surface area contributed by atoms with E-state index in [-0.39, 0.29) is 24.8 Å². The lowest BCUT2D eigenvalue weighted by atomic mass is 9.94. The number of urea groups is 1. The maximum atomic E-state index is 13.1. The van der Waals surface area contributed by atoms with Crippen LogP contribution in [0, 0.1) is 13.8 Å². The van der Waals surface area contributed by atoms with Crippen molar-refractivity contribution in [3.8, 4) is 17.2 Å². The second-order valence-corrected chi connectivity index (χ2v) is 7.70. The minimum atomic E-state index is -0.768. The number of amides is 2. The van der Waals surface area contributed by atoms with Gasteiger partial charge in [0.05, 0.1) is 38.1 Å². The Morgan fingerprint density at radius 2 is 1.67 bits per heavy atom. The molecule has 33 heavy (non-hydrogen) atoms. The number of carbonyl (C=O) groups is 2. The van der Waals surface area contributed by atoms with Crippen LogP contribution >= 0.6 is 0 Å². The molecule has 1 N–H and O–H groups in total. The standard InChI is InChI=1S/C25H30N2O6/c1-7-32-24(28)22-21(14-33-18-9-8-15(2)16(3)10-18)27(4)25(29)26-23(22)17-11-19(30-5)13-20(12-17)31-6/h8-13,23H,7,14H2,1-6H3,(H,26,29)/t23-/m0/s1. The molecule has 3 rings (SSSR count). The summed E-state index contributed by atoms with van der Waals surface area (Å²) in [4.78, 5) is 27.3. The van der Waals surface area contributed by atoms with E-state index < -0.39 is 12.0 Å². The van der Waals surface area contributed by atoms with Gasteiger partial charge in [-0.1, -0.05) is 6.07 Å². The molecule has 8 heteroatoms. The van der Waals surface area contributed by atoms with Gasteiger partial charge in [-0.05, 0) is 61.7 Å². The molecular formula is C25H30N2O6. The molecule has 2 amide bonds. The Kier molecular flexibility index (Phi) is 7.48. The third-order valence-electron chi connectivity index (χ3n) is 5.63. The fourth-order valence-electron chi connectivity index (χ4n) is 3.58. The molecule has 0 saturated carbocycles. The zero-order chi connectivity index (χ0) is 24.1. The largest absolute Gasteiger partial charge is 0.497 e. The predicted octanol–water partition coefficient (Wildman–Crippen LogP) is 3.91. The van der Waals surface area contributed by atoms with Crippen molar-refractivity contribution in [3.05, 3.63) is 64.4 Å². The van der Waals surface area contributed by atoms with Gasteiger partial charge in [0.2, 0.25) is 0 Å². The van der Waals surface area contributed by atoms with Gasteiger partial charge in [-0.3, -0.25) is 4.90 Å². The van der Waals surface area contributed by atoms with E-state index in [1.54, 1.807) is 32.2 Å². The summed E-state index contributed by atoms with van der Waals surface area (Å²) in [5.74, 6) is 1.19.